The highest BCUT2D eigenvalue weighted by Crippen LogP contribution is 2.04. The number of ketones is 1. The third-order valence-corrected chi connectivity index (χ3v) is 3.20. The third-order valence-electron chi connectivity index (χ3n) is 3.20. The highest BCUT2D eigenvalue weighted by molar-refractivity contribution is 6.13. The number of hydrogen-bond acceptors (Lipinski definition) is 5. The minimum Gasteiger partial charge on any atom is -0.345 e. The number of nitrogens with one attached hydrogen (secondary N) is 2. The first kappa shape index (κ1) is 17.5. The average Bonchev–Trinajstić information content (AvgIpc) is 2.75. The molecule has 1 rings (SSSR count). The first-order valence-corrected chi connectivity index (χ1v) is 6.86. The van der Waals surface area contributed by atoms with Gasteiger partial charge in [0.05, 0.1) is 6.04 Å². The molecule has 124 valence electrons. The van der Waals surface area contributed by atoms with Gasteiger partial charge in [0, 0.05) is 28.0 Å². The Balaban J connectivity index is 0. The molecule has 8 heteroatoms. The van der Waals surface area contributed by atoms with Crippen molar-refractivity contribution in [2.45, 2.75) is 39.3 Å². The van der Waals surface area contributed by atoms with E-state index in [1.54, 1.807) is 6.92 Å². The molecule has 0 bridgehead atoms. The number of rotatable bonds is 7. The predicted octanol–water partition coefficient (Wildman–Crippen LogP) is -0.608. The quantitative estimate of drug-likeness (QED) is 0.609. The molecule has 0 aromatic heterocycles. The molecule has 0 aromatic rings. The summed E-state index contributed by atoms with van der Waals surface area (Å²) in [7, 11) is 0. The number of carbonyl (C=O) groups excluding carboxylic acids is 5. The van der Waals surface area contributed by atoms with Crippen molar-refractivity contribution in [1.29, 1.82) is 0 Å². The van der Waals surface area contributed by atoms with E-state index < -0.39 is 35.7 Å². The predicted molar refractivity (Wildman–Crippen MR) is 80.6 cm³/mol. The molecule has 0 aromatic carbocycles. The number of carbonyl (C=O) groups is 5. The monoisotopic (exact) mass is 313 g/mol. The van der Waals surface area contributed by atoms with E-state index >= 15 is 0 Å². The summed E-state index contributed by atoms with van der Waals surface area (Å²) in [5.74, 6) is -2.06. The van der Waals surface area contributed by atoms with Gasteiger partial charge in [0.2, 0.25) is 11.8 Å². The molecular weight excluding hydrogens is 290 g/mol. The van der Waals surface area contributed by atoms with Crippen molar-refractivity contribution in [2.24, 2.45) is 0 Å². The van der Waals surface area contributed by atoms with Crippen LogP contribution in [0, 0.1) is 0 Å². The summed E-state index contributed by atoms with van der Waals surface area (Å²) in [6, 6.07) is -1.45. The molecule has 0 unspecified atom stereocenters. The second-order valence-electron chi connectivity index (χ2n) is 5.04. The molecule has 0 saturated heterocycles. The maximum atomic E-state index is 11.8. The van der Waals surface area contributed by atoms with Crippen LogP contribution in [-0.4, -0.2) is 52.9 Å². The highest BCUT2D eigenvalue weighted by atomic mass is 16.2. The van der Waals surface area contributed by atoms with Gasteiger partial charge in [0.25, 0.3) is 11.8 Å². The van der Waals surface area contributed by atoms with Crippen LogP contribution in [0.2, 0.25) is 0 Å². The van der Waals surface area contributed by atoms with Gasteiger partial charge in [0.15, 0.2) is 5.78 Å². The fraction of sp³-hybridized carbons (Fsp3) is 0.500. The average molecular weight is 313 g/mol. The Morgan fingerprint density at radius 2 is 1.64 bits per heavy atom. The molecule has 0 fully saturated rings. The summed E-state index contributed by atoms with van der Waals surface area (Å²) < 4.78 is 0. The molecule has 0 radical (unpaired) electrons. The minimum atomic E-state index is -0.822. The van der Waals surface area contributed by atoms with Crippen LogP contribution in [0.5, 0.6) is 0 Å². The maximum absolute atomic E-state index is 11.8. The Hall–Kier alpha value is -2.51. The zero-order valence-corrected chi connectivity index (χ0v) is 12.7. The summed E-state index contributed by atoms with van der Waals surface area (Å²) in [6.45, 7) is 4.33. The molecule has 0 aliphatic carbocycles. The second-order valence-corrected chi connectivity index (χ2v) is 5.04. The molecule has 1 heterocycles. The van der Waals surface area contributed by atoms with E-state index in [0.717, 1.165) is 17.1 Å². The van der Waals surface area contributed by atoms with Gasteiger partial charge in [-0.2, -0.15) is 0 Å². The van der Waals surface area contributed by atoms with E-state index in [4.69, 9.17) is 0 Å². The van der Waals surface area contributed by atoms with Crippen LogP contribution in [0.15, 0.2) is 12.2 Å². The number of hydrogen-bond donors (Lipinski definition) is 2. The first-order chi connectivity index (χ1) is 10.2. The van der Waals surface area contributed by atoms with Gasteiger partial charge in [-0.25, -0.2) is 0 Å². The first-order valence-electron chi connectivity index (χ1n) is 6.86. The van der Waals surface area contributed by atoms with Gasteiger partial charge >= 0.3 is 0 Å². The van der Waals surface area contributed by atoms with Crippen LogP contribution in [-0.2, 0) is 24.0 Å². The normalized spacial score (nSPS) is 16.4. The van der Waals surface area contributed by atoms with Crippen LogP contribution in [0.1, 0.15) is 30.0 Å². The number of amides is 4. The number of nitrogens with zero attached hydrogens (tertiary/aromatic N) is 1. The Bertz CT molecular complexity index is 533. The van der Waals surface area contributed by atoms with E-state index in [-0.39, 0.29) is 21.6 Å². The Morgan fingerprint density at radius 1 is 1.09 bits per heavy atom. The lowest BCUT2D eigenvalue weighted by molar-refractivity contribution is -0.137. The molecule has 0 spiro atoms. The smallest absolute Gasteiger partial charge is 0.253 e. The van der Waals surface area contributed by atoms with Crippen molar-refractivity contribution >= 4 is 29.4 Å². The topological polar surface area (TPSA) is 113 Å². The fourth-order valence-corrected chi connectivity index (χ4v) is 1.68. The molecule has 0 saturated carbocycles. The standard InChI is InChI=1S/C14H19N3O5.2H2/c1-8(10(3)18)16-14(22)9(2)15-11(19)6-7-17-12(20)4-5-13(17)21;;/h4-5,8-9H,6-7H2,1-3H3,(H,15,19)(H,16,22);2*1H/t8-,9-;;/m0../s1. The van der Waals surface area contributed by atoms with Crippen molar-refractivity contribution < 1.29 is 26.8 Å². The van der Waals surface area contributed by atoms with Crippen LogP contribution in [0.3, 0.4) is 0 Å². The van der Waals surface area contributed by atoms with E-state index in [1.807, 2.05) is 0 Å². The van der Waals surface area contributed by atoms with E-state index in [1.165, 1.54) is 13.8 Å². The van der Waals surface area contributed by atoms with Crippen molar-refractivity contribution in [2.75, 3.05) is 6.54 Å². The summed E-state index contributed by atoms with van der Waals surface area (Å²) >= 11 is 0. The minimum absolute atomic E-state index is 0. The Kier molecular flexibility index (Phi) is 5.97. The molecule has 1 aliphatic rings. The van der Waals surface area contributed by atoms with Gasteiger partial charge < -0.3 is 10.6 Å². The van der Waals surface area contributed by atoms with E-state index in [0.29, 0.717) is 0 Å². The molecule has 2 atom stereocenters. The fourth-order valence-electron chi connectivity index (χ4n) is 1.68. The third kappa shape index (κ3) is 4.80. The highest BCUT2D eigenvalue weighted by Gasteiger charge is 2.24. The SMILES string of the molecule is CC(=O)[C@H](C)NC(=O)[C@H](C)NC(=O)CCN1C(=O)C=CC1=O.[HH].[HH]. The summed E-state index contributed by atoms with van der Waals surface area (Å²) in [5, 5.41) is 4.91. The van der Waals surface area contributed by atoms with Crippen LogP contribution in [0.25, 0.3) is 0 Å². The molecular formula is C14H23N3O5. The lowest BCUT2D eigenvalue weighted by atomic mass is 10.2. The lowest BCUT2D eigenvalue weighted by Crippen LogP contribution is -2.49. The van der Waals surface area contributed by atoms with Crippen molar-refractivity contribution in [3.63, 3.8) is 0 Å². The zero-order chi connectivity index (χ0) is 16.9. The molecule has 4 amide bonds. The molecule has 1 aliphatic heterocycles. The van der Waals surface area contributed by atoms with Crippen LogP contribution in [0.4, 0.5) is 0 Å². The largest absolute Gasteiger partial charge is 0.345 e. The maximum Gasteiger partial charge on any atom is 0.253 e. The summed E-state index contributed by atoms with van der Waals surface area (Å²) in [6.07, 6.45) is 2.18. The van der Waals surface area contributed by atoms with Crippen molar-refractivity contribution in [3.8, 4) is 0 Å². The second kappa shape index (κ2) is 7.48. The van der Waals surface area contributed by atoms with Crippen molar-refractivity contribution in [3.05, 3.63) is 12.2 Å². The number of Topliss-reactive ketones (excluding diaryl/α,β-unsaturated/α-hetero) is 1. The summed E-state index contributed by atoms with van der Waals surface area (Å²) in [5.41, 5.74) is 0. The zero-order valence-electron chi connectivity index (χ0n) is 12.7. The molecule has 22 heavy (non-hydrogen) atoms. The molecule has 8 nitrogen and oxygen atoms in total. The molecule has 2 N–H and O–H groups in total. The summed E-state index contributed by atoms with van der Waals surface area (Å²) in [4.78, 5) is 58.1. The lowest BCUT2D eigenvalue weighted by Gasteiger charge is -2.18. The van der Waals surface area contributed by atoms with Gasteiger partial charge in [-0.05, 0) is 20.8 Å². The van der Waals surface area contributed by atoms with Crippen LogP contribution >= 0.6 is 0 Å². The van der Waals surface area contributed by atoms with E-state index in [2.05, 4.69) is 10.6 Å². The van der Waals surface area contributed by atoms with Gasteiger partial charge in [-0.3, -0.25) is 28.9 Å². The van der Waals surface area contributed by atoms with Crippen molar-refractivity contribution in [1.82, 2.24) is 15.5 Å². The van der Waals surface area contributed by atoms with Gasteiger partial charge in [-0.1, -0.05) is 0 Å². The Morgan fingerprint density at radius 3 is 2.14 bits per heavy atom. The van der Waals surface area contributed by atoms with Gasteiger partial charge in [0.1, 0.15) is 6.04 Å². The Labute approximate surface area is 130 Å². The van der Waals surface area contributed by atoms with Crippen LogP contribution < -0.4 is 10.6 Å². The van der Waals surface area contributed by atoms with E-state index in [9.17, 15) is 24.0 Å². The van der Waals surface area contributed by atoms with Gasteiger partial charge in [-0.15, -0.1) is 0 Å². The number of imide groups is 1.